The van der Waals surface area contributed by atoms with E-state index in [9.17, 15) is 13.0 Å². The van der Waals surface area contributed by atoms with E-state index in [1.165, 1.54) is 69.9 Å². The maximum Gasteiger partial charge on any atom is 1.00 e. The van der Waals surface area contributed by atoms with Gasteiger partial charge in [-0.05, 0) is 48.7 Å². The van der Waals surface area contributed by atoms with Gasteiger partial charge in [0.15, 0.2) is 0 Å². The molecule has 0 radical (unpaired) electrons. The summed E-state index contributed by atoms with van der Waals surface area (Å²) < 4.78 is 40.4. The van der Waals surface area contributed by atoms with Gasteiger partial charge in [0, 0.05) is 0 Å². The van der Waals surface area contributed by atoms with Gasteiger partial charge in [0.2, 0.25) is 0 Å². The second-order valence-corrected chi connectivity index (χ2v) is 9.35. The fourth-order valence-electron chi connectivity index (χ4n) is 3.60. The number of rotatable bonds is 15. The molecule has 6 heteroatoms. The van der Waals surface area contributed by atoms with Gasteiger partial charge in [0.25, 0.3) is 0 Å². The van der Waals surface area contributed by atoms with Crippen LogP contribution in [-0.2, 0) is 16.5 Å². The summed E-state index contributed by atoms with van der Waals surface area (Å²) in [5, 5.41) is 0. The first-order chi connectivity index (χ1) is 14.5. The van der Waals surface area contributed by atoms with Gasteiger partial charge in [-0.1, -0.05) is 89.3 Å². The molecule has 2 rings (SSSR count). The third-order valence-electron chi connectivity index (χ3n) is 5.28. The number of benzene rings is 2. The minimum atomic E-state index is -4.52. The maximum absolute atomic E-state index is 11.5. The Morgan fingerprint density at radius 1 is 0.742 bits per heavy atom. The van der Waals surface area contributed by atoms with Gasteiger partial charge in [0.1, 0.15) is 21.6 Å². The molecule has 0 heterocycles. The van der Waals surface area contributed by atoms with Crippen LogP contribution in [0.2, 0.25) is 0 Å². The Kier molecular flexibility index (Phi) is 15.3. The number of hydrogen-bond acceptors (Lipinski definition) is 4. The molecule has 2 aromatic rings. The molecule has 0 amide bonds. The van der Waals surface area contributed by atoms with Crippen LogP contribution in [0.1, 0.15) is 83.1 Å². The van der Waals surface area contributed by atoms with Crippen LogP contribution in [0.15, 0.2) is 53.4 Å². The summed E-state index contributed by atoms with van der Waals surface area (Å²) in [6.07, 6.45) is 14.6. The van der Waals surface area contributed by atoms with Crippen LogP contribution < -0.4 is 56.1 Å². The molecule has 0 fully saturated rings. The van der Waals surface area contributed by atoms with Crippen molar-refractivity contribution in [3.8, 4) is 11.5 Å². The van der Waals surface area contributed by atoms with E-state index in [1.807, 2.05) is 24.3 Å². The van der Waals surface area contributed by atoms with E-state index < -0.39 is 10.1 Å². The van der Waals surface area contributed by atoms with E-state index in [4.69, 9.17) is 4.74 Å². The maximum atomic E-state index is 11.5. The molecule has 0 spiro atoms. The van der Waals surface area contributed by atoms with Crippen molar-refractivity contribution in [1.82, 2.24) is 0 Å². The van der Waals surface area contributed by atoms with Crippen molar-refractivity contribution in [3.63, 3.8) is 0 Å². The van der Waals surface area contributed by atoms with Crippen molar-refractivity contribution in [2.24, 2.45) is 0 Å². The Morgan fingerprint density at radius 2 is 1.29 bits per heavy atom. The monoisotopic (exact) mass is 470 g/mol. The zero-order chi connectivity index (χ0) is 21.7. The molecule has 0 aliphatic carbocycles. The number of ether oxygens (including phenoxy) is 1. The Balaban J connectivity index is 0.00000480. The Morgan fingerprint density at radius 3 is 1.84 bits per heavy atom. The summed E-state index contributed by atoms with van der Waals surface area (Å²) >= 11 is 0. The molecule has 4 nitrogen and oxygen atoms in total. The fourth-order valence-corrected chi connectivity index (χ4v) is 4.15. The molecular weight excluding hydrogens is 435 g/mol. The molecule has 2 aromatic carbocycles. The van der Waals surface area contributed by atoms with Gasteiger partial charge in [-0.2, -0.15) is 0 Å². The number of unbranched alkanes of at least 4 members (excludes halogenated alkanes) is 10. The zero-order valence-corrected chi connectivity index (χ0v) is 23.1. The van der Waals surface area contributed by atoms with Crippen LogP contribution in [0.4, 0.5) is 0 Å². The normalized spacial score (nSPS) is 11.2. The molecule has 0 bridgehead atoms. The summed E-state index contributed by atoms with van der Waals surface area (Å²) in [6.45, 7) is 2.24. The van der Waals surface area contributed by atoms with Crippen LogP contribution >= 0.6 is 0 Å². The molecule has 0 saturated heterocycles. The summed E-state index contributed by atoms with van der Waals surface area (Å²) in [6, 6.07) is 13.8. The van der Waals surface area contributed by atoms with E-state index in [0.717, 1.165) is 24.8 Å². The topological polar surface area (TPSA) is 66.4 Å². The predicted molar refractivity (Wildman–Crippen MR) is 121 cm³/mol. The van der Waals surface area contributed by atoms with Gasteiger partial charge in [-0.25, -0.2) is 8.42 Å². The Bertz CT molecular complexity index is 838. The molecule has 0 aliphatic heterocycles. The number of para-hydroxylation sites is 1. The van der Waals surface area contributed by atoms with Gasteiger partial charge >= 0.3 is 51.4 Å². The smallest absolute Gasteiger partial charge is 0.744 e. The molecular formula is C25H35KO4S. The molecule has 0 aliphatic rings. The summed E-state index contributed by atoms with van der Waals surface area (Å²) in [4.78, 5) is -0.228. The molecule has 0 unspecified atom stereocenters. The van der Waals surface area contributed by atoms with Gasteiger partial charge in [0.05, 0.1) is 4.90 Å². The zero-order valence-electron chi connectivity index (χ0n) is 19.1. The van der Waals surface area contributed by atoms with Gasteiger partial charge in [-0.15, -0.1) is 0 Å². The van der Waals surface area contributed by atoms with Crippen molar-refractivity contribution in [2.45, 2.75) is 88.9 Å². The average Bonchev–Trinajstić information content (AvgIpc) is 2.72. The Hall–Kier alpha value is -0.214. The van der Waals surface area contributed by atoms with Crippen LogP contribution in [0.5, 0.6) is 11.5 Å². The van der Waals surface area contributed by atoms with Crippen molar-refractivity contribution in [2.75, 3.05) is 0 Å². The Labute approximate surface area is 231 Å². The van der Waals surface area contributed by atoms with Crippen molar-refractivity contribution in [1.29, 1.82) is 0 Å². The summed E-state index contributed by atoms with van der Waals surface area (Å²) in [7, 11) is -4.52. The van der Waals surface area contributed by atoms with Gasteiger partial charge in [-0.3, -0.25) is 0 Å². The molecule has 166 valence electrons. The van der Waals surface area contributed by atoms with Crippen LogP contribution in [0.3, 0.4) is 0 Å². The first kappa shape index (κ1) is 28.8. The minimum absolute atomic E-state index is 0. The van der Waals surface area contributed by atoms with Crippen molar-refractivity contribution in [3.05, 3.63) is 54.1 Å². The van der Waals surface area contributed by atoms with Gasteiger partial charge < -0.3 is 9.29 Å². The quantitative estimate of drug-likeness (QED) is 0.222. The largest absolute Gasteiger partial charge is 1.00 e. The van der Waals surface area contributed by atoms with Crippen molar-refractivity contribution < 1.29 is 69.1 Å². The number of aryl methyl sites for hydroxylation is 1. The third kappa shape index (κ3) is 12.6. The number of hydrogen-bond donors (Lipinski definition) is 0. The third-order valence-corrected chi connectivity index (χ3v) is 6.09. The predicted octanol–water partition coefficient (Wildman–Crippen LogP) is 4.24. The molecule has 0 N–H and O–H groups in total. The van der Waals surface area contributed by atoms with E-state index >= 15 is 0 Å². The summed E-state index contributed by atoms with van der Waals surface area (Å²) in [5.41, 5.74) is 0.828. The summed E-state index contributed by atoms with van der Waals surface area (Å²) in [5.74, 6) is 0.995. The molecule has 0 aromatic heterocycles. The van der Waals surface area contributed by atoms with Crippen LogP contribution in [0.25, 0.3) is 0 Å². The van der Waals surface area contributed by atoms with Crippen LogP contribution in [0, 0.1) is 0 Å². The second-order valence-electron chi connectivity index (χ2n) is 7.97. The molecule has 31 heavy (non-hydrogen) atoms. The average molecular weight is 471 g/mol. The second kappa shape index (κ2) is 16.4. The molecule has 0 saturated carbocycles. The molecule has 0 atom stereocenters. The first-order valence-corrected chi connectivity index (χ1v) is 12.7. The van der Waals surface area contributed by atoms with Crippen LogP contribution in [-0.4, -0.2) is 13.0 Å². The fraction of sp³-hybridized carbons (Fsp3) is 0.520. The van der Waals surface area contributed by atoms with Crippen molar-refractivity contribution >= 4 is 10.1 Å². The van der Waals surface area contributed by atoms with E-state index in [2.05, 4.69) is 6.92 Å². The SMILES string of the molecule is CCCCCCCCCCCCCc1cc(Oc2ccccc2)cc(S(=O)(=O)[O-])c1.[K+]. The van der Waals surface area contributed by atoms with E-state index in [0.29, 0.717) is 11.5 Å². The standard InChI is InChI=1S/C25H36O4S.K/c1-2-3-4-5-6-7-8-9-10-11-13-16-22-19-24(21-25(20-22)30(26,27)28)29-23-17-14-12-15-18-23;/h12,14-15,17-21H,2-11,13,16H2,1H3,(H,26,27,28);/q;+1/p-1. The van der Waals surface area contributed by atoms with E-state index in [1.54, 1.807) is 12.1 Å². The minimum Gasteiger partial charge on any atom is -0.744 e. The first-order valence-electron chi connectivity index (χ1n) is 11.3. The van der Waals surface area contributed by atoms with E-state index in [-0.39, 0.29) is 56.3 Å².